The van der Waals surface area contributed by atoms with Crippen molar-refractivity contribution in [2.45, 2.75) is 32.8 Å². The Balaban J connectivity index is 2.65. The minimum Gasteiger partial charge on any atom is -0.461 e. The number of likely N-dealkylation sites (tertiary alicyclic amines) is 1. The zero-order valence-electron chi connectivity index (χ0n) is 12.2. The SMILES string of the molecule is C=CCOC(=O)C1CN(C(=O)OC(C)(C)C)CCC1=O. The third-order valence-electron chi connectivity index (χ3n) is 2.70. The fourth-order valence-electron chi connectivity index (χ4n) is 1.77. The van der Waals surface area contributed by atoms with E-state index in [0.717, 1.165) is 0 Å². The average Bonchev–Trinajstić information content (AvgIpc) is 2.34. The number of Topliss-reactive ketones (excluding diaryl/α,β-unsaturated/α-hetero) is 1. The van der Waals surface area contributed by atoms with E-state index in [0.29, 0.717) is 0 Å². The summed E-state index contributed by atoms with van der Waals surface area (Å²) < 4.78 is 10.1. The molecule has 112 valence electrons. The average molecular weight is 283 g/mol. The van der Waals surface area contributed by atoms with Crippen molar-refractivity contribution in [2.24, 2.45) is 5.92 Å². The first-order valence-electron chi connectivity index (χ1n) is 6.53. The first-order chi connectivity index (χ1) is 9.24. The van der Waals surface area contributed by atoms with Crippen molar-refractivity contribution in [2.75, 3.05) is 19.7 Å². The van der Waals surface area contributed by atoms with Crippen LogP contribution < -0.4 is 0 Å². The van der Waals surface area contributed by atoms with E-state index in [4.69, 9.17) is 9.47 Å². The van der Waals surface area contributed by atoms with Crippen molar-refractivity contribution in [3.8, 4) is 0 Å². The Morgan fingerprint density at radius 3 is 2.65 bits per heavy atom. The van der Waals surface area contributed by atoms with Crippen LogP contribution in [0.2, 0.25) is 0 Å². The van der Waals surface area contributed by atoms with Crippen LogP contribution in [0.4, 0.5) is 4.79 Å². The molecule has 6 heteroatoms. The highest BCUT2D eigenvalue weighted by molar-refractivity contribution is 6.00. The van der Waals surface area contributed by atoms with E-state index in [1.807, 2.05) is 0 Å². The van der Waals surface area contributed by atoms with Gasteiger partial charge in [-0.25, -0.2) is 4.79 Å². The number of ether oxygens (including phenoxy) is 2. The maximum atomic E-state index is 11.9. The molecule has 0 bridgehead atoms. The Kier molecular flexibility index (Phi) is 5.30. The first kappa shape index (κ1) is 16.2. The predicted molar refractivity (Wildman–Crippen MR) is 72.1 cm³/mol. The largest absolute Gasteiger partial charge is 0.461 e. The number of hydrogen-bond donors (Lipinski definition) is 0. The summed E-state index contributed by atoms with van der Waals surface area (Å²) in [4.78, 5) is 36.8. The number of hydrogen-bond acceptors (Lipinski definition) is 5. The predicted octanol–water partition coefficient (Wildman–Crippen LogP) is 1.54. The summed E-state index contributed by atoms with van der Waals surface area (Å²) in [5.41, 5.74) is -0.614. The highest BCUT2D eigenvalue weighted by Gasteiger charge is 2.37. The van der Waals surface area contributed by atoms with Gasteiger partial charge in [-0.3, -0.25) is 9.59 Å². The van der Waals surface area contributed by atoms with Crippen LogP contribution in [0.5, 0.6) is 0 Å². The second-order valence-electron chi connectivity index (χ2n) is 5.61. The Bertz CT molecular complexity index is 410. The molecule has 0 N–H and O–H groups in total. The zero-order chi connectivity index (χ0) is 15.3. The molecule has 0 radical (unpaired) electrons. The third kappa shape index (κ3) is 4.68. The Hall–Kier alpha value is -1.85. The summed E-state index contributed by atoms with van der Waals surface area (Å²) in [6, 6.07) is 0. The van der Waals surface area contributed by atoms with Crippen molar-refractivity contribution in [3.63, 3.8) is 0 Å². The molecule has 0 saturated carbocycles. The van der Waals surface area contributed by atoms with E-state index in [1.165, 1.54) is 11.0 Å². The molecule has 0 spiro atoms. The minimum absolute atomic E-state index is 0.00369. The lowest BCUT2D eigenvalue weighted by Gasteiger charge is -2.32. The van der Waals surface area contributed by atoms with Gasteiger partial charge in [0.25, 0.3) is 0 Å². The Labute approximate surface area is 118 Å². The fraction of sp³-hybridized carbons (Fsp3) is 0.643. The quantitative estimate of drug-likeness (QED) is 0.446. The van der Waals surface area contributed by atoms with Gasteiger partial charge in [-0.1, -0.05) is 12.7 Å². The fourth-order valence-corrected chi connectivity index (χ4v) is 1.77. The zero-order valence-corrected chi connectivity index (χ0v) is 12.2. The molecule has 0 aromatic carbocycles. The van der Waals surface area contributed by atoms with E-state index in [2.05, 4.69) is 6.58 Å². The summed E-state index contributed by atoms with van der Waals surface area (Å²) in [5.74, 6) is -1.77. The number of esters is 1. The van der Waals surface area contributed by atoms with E-state index in [-0.39, 0.29) is 31.9 Å². The van der Waals surface area contributed by atoms with Crippen LogP contribution in [0.1, 0.15) is 27.2 Å². The lowest BCUT2D eigenvalue weighted by Crippen LogP contribution is -2.48. The maximum absolute atomic E-state index is 11.9. The van der Waals surface area contributed by atoms with Crippen LogP contribution in [-0.4, -0.2) is 48.0 Å². The molecule has 1 rings (SSSR count). The summed E-state index contributed by atoms with van der Waals surface area (Å²) in [7, 11) is 0. The third-order valence-corrected chi connectivity index (χ3v) is 2.70. The van der Waals surface area contributed by atoms with Gasteiger partial charge in [0.15, 0.2) is 5.78 Å². The Morgan fingerprint density at radius 1 is 1.45 bits per heavy atom. The number of amides is 1. The summed E-state index contributed by atoms with van der Waals surface area (Å²) in [6.45, 7) is 9.03. The highest BCUT2D eigenvalue weighted by atomic mass is 16.6. The van der Waals surface area contributed by atoms with Crippen LogP contribution in [0.15, 0.2) is 12.7 Å². The minimum atomic E-state index is -0.934. The number of nitrogens with zero attached hydrogens (tertiary/aromatic N) is 1. The molecule has 1 aliphatic heterocycles. The molecule has 1 heterocycles. The van der Waals surface area contributed by atoms with Crippen molar-refractivity contribution in [1.29, 1.82) is 0 Å². The van der Waals surface area contributed by atoms with Crippen molar-refractivity contribution < 1.29 is 23.9 Å². The van der Waals surface area contributed by atoms with Crippen LogP contribution in [0.3, 0.4) is 0 Å². The second kappa shape index (κ2) is 6.54. The summed E-state index contributed by atoms with van der Waals surface area (Å²) >= 11 is 0. The van der Waals surface area contributed by atoms with Crippen molar-refractivity contribution >= 4 is 17.8 Å². The van der Waals surface area contributed by atoms with Crippen LogP contribution >= 0.6 is 0 Å². The van der Waals surface area contributed by atoms with Gasteiger partial charge in [0.05, 0.1) is 0 Å². The van der Waals surface area contributed by atoms with Gasteiger partial charge in [-0.15, -0.1) is 0 Å². The van der Waals surface area contributed by atoms with Gasteiger partial charge in [0.2, 0.25) is 0 Å². The van der Waals surface area contributed by atoms with Gasteiger partial charge in [0, 0.05) is 19.5 Å². The maximum Gasteiger partial charge on any atom is 0.410 e. The van der Waals surface area contributed by atoms with E-state index < -0.39 is 23.6 Å². The van der Waals surface area contributed by atoms with Gasteiger partial charge in [0.1, 0.15) is 18.1 Å². The summed E-state index contributed by atoms with van der Waals surface area (Å²) in [5, 5.41) is 0. The lowest BCUT2D eigenvalue weighted by atomic mass is 9.97. The molecule has 0 aromatic heterocycles. The molecule has 0 aliphatic carbocycles. The first-order valence-corrected chi connectivity index (χ1v) is 6.53. The van der Waals surface area contributed by atoms with Crippen LogP contribution in [0.25, 0.3) is 0 Å². The van der Waals surface area contributed by atoms with Crippen molar-refractivity contribution in [1.82, 2.24) is 4.90 Å². The lowest BCUT2D eigenvalue weighted by molar-refractivity contribution is -0.153. The molecule has 6 nitrogen and oxygen atoms in total. The Morgan fingerprint density at radius 2 is 2.10 bits per heavy atom. The van der Waals surface area contributed by atoms with Gasteiger partial charge >= 0.3 is 12.1 Å². The number of ketones is 1. The topological polar surface area (TPSA) is 72.9 Å². The molecule has 1 fully saturated rings. The van der Waals surface area contributed by atoms with Crippen LogP contribution in [-0.2, 0) is 19.1 Å². The molecule has 1 saturated heterocycles. The number of piperidine rings is 1. The van der Waals surface area contributed by atoms with E-state index in [1.54, 1.807) is 20.8 Å². The molecule has 20 heavy (non-hydrogen) atoms. The molecule has 1 aliphatic rings. The number of rotatable bonds is 3. The molecule has 1 amide bonds. The van der Waals surface area contributed by atoms with Gasteiger partial charge < -0.3 is 14.4 Å². The van der Waals surface area contributed by atoms with E-state index >= 15 is 0 Å². The smallest absolute Gasteiger partial charge is 0.410 e. The van der Waals surface area contributed by atoms with E-state index in [9.17, 15) is 14.4 Å². The second-order valence-corrected chi connectivity index (χ2v) is 5.61. The number of carbonyl (C=O) groups excluding carboxylic acids is 3. The summed E-state index contributed by atoms with van der Waals surface area (Å²) in [6.07, 6.45) is 1.04. The van der Waals surface area contributed by atoms with Crippen LogP contribution in [0, 0.1) is 5.92 Å². The van der Waals surface area contributed by atoms with Gasteiger partial charge in [-0.05, 0) is 20.8 Å². The molecule has 0 aromatic rings. The standard InChI is InChI=1S/C14H21NO5/c1-5-8-19-12(17)10-9-15(7-6-11(10)16)13(18)20-14(2,3)4/h5,10H,1,6-9H2,2-4H3. The van der Waals surface area contributed by atoms with Crippen molar-refractivity contribution in [3.05, 3.63) is 12.7 Å². The molecular weight excluding hydrogens is 262 g/mol. The monoisotopic (exact) mass is 283 g/mol. The normalized spacial score (nSPS) is 19.4. The molecule has 1 unspecified atom stereocenters. The molecule has 1 atom stereocenters. The van der Waals surface area contributed by atoms with Gasteiger partial charge in [-0.2, -0.15) is 0 Å². The molecular formula is C14H21NO5. The number of carbonyl (C=O) groups is 3. The highest BCUT2D eigenvalue weighted by Crippen LogP contribution is 2.18.